The highest BCUT2D eigenvalue weighted by Gasteiger charge is 2.17. The Labute approximate surface area is 126 Å². The Kier molecular flexibility index (Phi) is 3.31. The van der Waals surface area contributed by atoms with Crippen molar-refractivity contribution < 1.29 is 9.53 Å². The number of aromatic nitrogens is 1. The third-order valence-electron chi connectivity index (χ3n) is 3.39. The SMILES string of the molecule is COc1ccc(N)c(C(=O)c2c[nH]c3cc(Cl)ccc23)c1. The van der Waals surface area contributed by atoms with E-state index in [4.69, 9.17) is 22.1 Å². The summed E-state index contributed by atoms with van der Waals surface area (Å²) in [6.45, 7) is 0. The van der Waals surface area contributed by atoms with Crippen LogP contribution in [-0.2, 0) is 0 Å². The van der Waals surface area contributed by atoms with Crippen molar-refractivity contribution in [3.05, 3.63) is 58.7 Å². The molecule has 5 heteroatoms. The van der Waals surface area contributed by atoms with Gasteiger partial charge in [-0.2, -0.15) is 0 Å². The van der Waals surface area contributed by atoms with Gasteiger partial charge in [0.1, 0.15) is 5.75 Å². The minimum absolute atomic E-state index is 0.153. The number of aromatic amines is 1. The number of nitrogens with one attached hydrogen (secondary N) is 1. The normalized spacial score (nSPS) is 10.8. The Morgan fingerprint density at radius 1 is 1.19 bits per heavy atom. The maximum absolute atomic E-state index is 12.7. The van der Waals surface area contributed by atoms with Crippen molar-refractivity contribution in [3.63, 3.8) is 0 Å². The summed E-state index contributed by atoms with van der Waals surface area (Å²) in [6.07, 6.45) is 1.67. The Bertz CT molecular complexity index is 839. The van der Waals surface area contributed by atoms with Gasteiger partial charge in [0.2, 0.25) is 0 Å². The van der Waals surface area contributed by atoms with Crippen LogP contribution in [0.4, 0.5) is 5.69 Å². The molecule has 106 valence electrons. The molecule has 0 bridgehead atoms. The van der Waals surface area contributed by atoms with E-state index >= 15 is 0 Å². The van der Waals surface area contributed by atoms with E-state index in [2.05, 4.69) is 4.98 Å². The second-order valence-corrected chi connectivity index (χ2v) is 5.11. The highest BCUT2D eigenvalue weighted by Crippen LogP contribution is 2.27. The molecule has 0 atom stereocenters. The molecule has 0 fully saturated rings. The quantitative estimate of drug-likeness (QED) is 0.573. The fourth-order valence-electron chi connectivity index (χ4n) is 2.29. The Morgan fingerprint density at radius 2 is 2.00 bits per heavy atom. The summed E-state index contributed by atoms with van der Waals surface area (Å²) in [6, 6.07) is 10.4. The molecule has 3 rings (SSSR count). The van der Waals surface area contributed by atoms with Gasteiger partial charge in [0.15, 0.2) is 5.78 Å². The first kappa shape index (κ1) is 13.5. The lowest BCUT2D eigenvalue weighted by Crippen LogP contribution is -2.05. The van der Waals surface area contributed by atoms with Gasteiger partial charge in [0.05, 0.1) is 7.11 Å². The summed E-state index contributed by atoms with van der Waals surface area (Å²) >= 11 is 5.95. The monoisotopic (exact) mass is 300 g/mol. The van der Waals surface area contributed by atoms with Crippen molar-refractivity contribution in [2.24, 2.45) is 0 Å². The molecule has 0 aliphatic heterocycles. The second kappa shape index (κ2) is 5.14. The van der Waals surface area contributed by atoms with Crippen LogP contribution in [0, 0.1) is 0 Å². The van der Waals surface area contributed by atoms with Gasteiger partial charge in [-0.05, 0) is 30.3 Å². The number of H-pyrrole nitrogens is 1. The molecule has 1 aromatic heterocycles. The number of carbonyl (C=O) groups excluding carboxylic acids is 1. The number of ketones is 1. The summed E-state index contributed by atoms with van der Waals surface area (Å²) in [7, 11) is 1.55. The number of hydrogen-bond acceptors (Lipinski definition) is 3. The molecule has 0 unspecified atom stereocenters. The van der Waals surface area contributed by atoms with Crippen molar-refractivity contribution in [2.75, 3.05) is 12.8 Å². The van der Waals surface area contributed by atoms with E-state index in [1.807, 2.05) is 6.07 Å². The van der Waals surface area contributed by atoms with Gasteiger partial charge < -0.3 is 15.5 Å². The first-order chi connectivity index (χ1) is 10.1. The van der Waals surface area contributed by atoms with Gasteiger partial charge in [0.25, 0.3) is 0 Å². The number of hydrogen-bond donors (Lipinski definition) is 2. The molecule has 2 aromatic carbocycles. The van der Waals surface area contributed by atoms with Crippen LogP contribution in [0.2, 0.25) is 5.02 Å². The Balaban J connectivity index is 2.12. The maximum atomic E-state index is 12.7. The molecule has 0 radical (unpaired) electrons. The van der Waals surface area contributed by atoms with Gasteiger partial charge >= 0.3 is 0 Å². The predicted octanol–water partition coefficient (Wildman–Crippen LogP) is 3.64. The molecular formula is C16H13ClN2O2. The molecule has 4 nitrogen and oxygen atoms in total. The summed E-state index contributed by atoms with van der Waals surface area (Å²) in [5.41, 5.74) is 8.12. The average Bonchev–Trinajstić information content (AvgIpc) is 2.90. The van der Waals surface area contributed by atoms with E-state index in [0.717, 1.165) is 10.9 Å². The zero-order valence-corrected chi connectivity index (χ0v) is 12.1. The minimum atomic E-state index is -0.153. The molecule has 1 heterocycles. The second-order valence-electron chi connectivity index (χ2n) is 4.67. The molecule has 0 amide bonds. The number of benzene rings is 2. The van der Waals surface area contributed by atoms with Crippen LogP contribution in [0.15, 0.2) is 42.6 Å². The Morgan fingerprint density at radius 3 is 2.76 bits per heavy atom. The summed E-state index contributed by atoms with van der Waals surface area (Å²) in [5.74, 6) is 0.440. The fraction of sp³-hybridized carbons (Fsp3) is 0.0625. The molecule has 21 heavy (non-hydrogen) atoms. The molecule has 0 aliphatic rings. The number of ether oxygens (including phenoxy) is 1. The molecule has 3 aromatic rings. The number of nitrogen functional groups attached to an aromatic ring is 1. The van der Waals surface area contributed by atoms with Crippen LogP contribution in [0.3, 0.4) is 0 Å². The van der Waals surface area contributed by atoms with E-state index in [1.165, 1.54) is 0 Å². The number of fused-ring (bicyclic) bond motifs is 1. The van der Waals surface area contributed by atoms with E-state index in [0.29, 0.717) is 27.6 Å². The summed E-state index contributed by atoms with van der Waals surface area (Å²) in [5, 5.41) is 1.43. The minimum Gasteiger partial charge on any atom is -0.497 e. The van der Waals surface area contributed by atoms with Crippen LogP contribution in [0.5, 0.6) is 5.75 Å². The van der Waals surface area contributed by atoms with Crippen LogP contribution < -0.4 is 10.5 Å². The van der Waals surface area contributed by atoms with Gasteiger partial charge in [-0.3, -0.25) is 4.79 Å². The van der Waals surface area contributed by atoms with Crippen molar-refractivity contribution >= 4 is 34.0 Å². The number of rotatable bonds is 3. The number of halogens is 1. The largest absolute Gasteiger partial charge is 0.497 e. The first-order valence-corrected chi connectivity index (χ1v) is 6.73. The topological polar surface area (TPSA) is 68.1 Å². The lowest BCUT2D eigenvalue weighted by atomic mass is 10.0. The zero-order chi connectivity index (χ0) is 15.0. The molecule has 0 saturated heterocycles. The van der Waals surface area contributed by atoms with Crippen molar-refractivity contribution in [2.45, 2.75) is 0 Å². The standard InChI is InChI=1S/C16H13ClN2O2/c1-21-10-3-5-14(18)12(7-10)16(20)13-8-19-15-6-9(17)2-4-11(13)15/h2-8,19H,18H2,1H3. The average molecular weight is 301 g/mol. The summed E-state index contributed by atoms with van der Waals surface area (Å²) in [4.78, 5) is 15.8. The molecule has 0 saturated carbocycles. The van der Waals surface area contributed by atoms with Crippen LogP contribution >= 0.6 is 11.6 Å². The first-order valence-electron chi connectivity index (χ1n) is 6.35. The third-order valence-corrected chi connectivity index (χ3v) is 3.63. The van der Waals surface area contributed by atoms with Crippen molar-refractivity contribution in [1.29, 1.82) is 0 Å². The molecule has 3 N–H and O–H groups in total. The third kappa shape index (κ3) is 2.34. The molecule has 0 spiro atoms. The van der Waals surface area contributed by atoms with E-state index < -0.39 is 0 Å². The Hall–Kier alpha value is -2.46. The number of anilines is 1. The van der Waals surface area contributed by atoms with Crippen molar-refractivity contribution in [1.82, 2.24) is 4.98 Å². The summed E-state index contributed by atoms with van der Waals surface area (Å²) < 4.78 is 5.15. The van der Waals surface area contributed by atoms with Crippen LogP contribution in [0.25, 0.3) is 10.9 Å². The van der Waals surface area contributed by atoms with Gasteiger partial charge in [-0.15, -0.1) is 0 Å². The number of nitrogens with two attached hydrogens (primary N) is 1. The lowest BCUT2D eigenvalue weighted by molar-refractivity contribution is 0.104. The molecule has 0 aliphatic carbocycles. The maximum Gasteiger partial charge on any atom is 0.197 e. The fourth-order valence-corrected chi connectivity index (χ4v) is 2.46. The lowest BCUT2D eigenvalue weighted by Gasteiger charge is -2.07. The van der Waals surface area contributed by atoms with Crippen molar-refractivity contribution in [3.8, 4) is 5.75 Å². The van der Waals surface area contributed by atoms with E-state index in [1.54, 1.807) is 43.6 Å². The molecular weight excluding hydrogens is 288 g/mol. The predicted molar refractivity (Wildman–Crippen MR) is 84.1 cm³/mol. The van der Waals surface area contributed by atoms with Crippen LogP contribution in [-0.4, -0.2) is 17.9 Å². The zero-order valence-electron chi connectivity index (χ0n) is 11.3. The van der Waals surface area contributed by atoms with Gasteiger partial charge in [-0.1, -0.05) is 17.7 Å². The highest BCUT2D eigenvalue weighted by atomic mass is 35.5. The number of methoxy groups -OCH3 is 1. The smallest absolute Gasteiger partial charge is 0.197 e. The van der Waals surface area contributed by atoms with Gasteiger partial charge in [0, 0.05) is 38.9 Å². The number of carbonyl (C=O) groups is 1. The van der Waals surface area contributed by atoms with Crippen LogP contribution in [0.1, 0.15) is 15.9 Å². The van der Waals surface area contributed by atoms with E-state index in [-0.39, 0.29) is 5.78 Å². The van der Waals surface area contributed by atoms with Gasteiger partial charge in [-0.25, -0.2) is 0 Å². The van der Waals surface area contributed by atoms with E-state index in [9.17, 15) is 4.79 Å². The highest BCUT2D eigenvalue weighted by molar-refractivity contribution is 6.31.